The first kappa shape index (κ1) is 16.7. The smallest absolute Gasteiger partial charge is 0.253 e. The van der Waals surface area contributed by atoms with E-state index in [9.17, 15) is 4.79 Å². The lowest BCUT2D eigenvalue weighted by molar-refractivity contribution is 0.0793. The predicted octanol–water partition coefficient (Wildman–Crippen LogP) is 2.97. The van der Waals surface area contributed by atoms with Crippen LogP contribution in [0.2, 0.25) is 0 Å². The molecule has 136 valence electrons. The second kappa shape index (κ2) is 6.87. The summed E-state index contributed by atoms with van der Waals surface area (Å²) in [6.45, 7) is 5.16. The maximum Gasteiger partial charge on any atom is 0.253 e. The minimum atomic E-state index is 0.141. The van der Waals surface area contributed by atoms with E-state index in [-0.39, 0.29) is 5.91 Å². The molecule has 1 amide bonds. The van der Waals surface area contributed by atoms with E-state index in [1.807, 2.05) is 23.1 Å². The van der Waals surface area contributed by atoms with E-state index in [1.165, 1.54) is 12.8 Å². The van der Waals surface area contributed by atoms with Crippen molar-refractivity contribution in [3.63, 3.8) is 0 Å². The van der Waals surface area contributed by atoms with Gasteiger partial charge < -0.3 is 15.0 Å². The van der Waals surface area contributed by atoms with Crippen LogP contribution in [0.3, 0.4) is 0 Å². The molecule has 5 nitrogen and oxygen atoms in total. The molecular formula is C20H29N3O2. The van der Waals surface area contributed by atoms with Crippen molar-refractivity contribution < 1.29 is 9.53 Å². The van der Waals surface area contributed by atoms with Crippen molar-refractivity contribution in [3.8, 4) is 5.75 Å². The number of nitrogens with one attached hydrogen (secondary N) is 1. The number of carbonyl (C=O) groups is 1. The molecule has 2 heterocycles. The van der Waals surface area contributed by atoms with Gasteiger partial charge in [-0.15, -0.1) is 0 Å². The molecule has 4 rings (SSSR count). The molecule has 0 bridgehead atoms. The number of anilines is 1. The quantitative estimate of drug-likeness (QED) is 0.893. The molecule has 0 aromatic heterocycles. The third kappa shape index (κ3) is 3.47. The van der Waals surface area contributed by atoms with E-state index in [1.54, 1.807) is 7.11 Å². The Labute approximate surface area is 150 Å². The summed E-state index contributed by atoms with van der Waals surface area (Å²) in [5.41, 5.74) is 1.71. The van der Waals surface area contributed by atoms with Crippen molar-refractivity contribution in [2.45, 2.75) is 57.2 Å². The summed E-state index contributed by atoms with van der Waals surface area (Å²) in [5.74, 6) is 0.957. The molecule has 3 fully saturated rings. The second-order valence-electron chi connectivity index (χ2n) is 7.77. The number of methoxy groups -OCH3 is 1. The zero-order chi connectivity index (χ0) is 17.4. The third-order valence-corrected chi connectivity index (χ3v) is 5.84. The molecular weight excluding hydrogens is 314 g/mol. The zero-order valence-corrected chi connectivity index (χ0v) is 15.3. The van der Waals surface area contributed by atoms with Gasteiger partial charge in [0.05, 0.1) is 12.8 Å². The number of nitrogens with zero attached hydrogens (tertiary/aromatic N) is 2. The summed E-state index contributed by atoms with van der Waals surface area (Å²) >= 11 is 0. The minimum Gasteiger partial charge on any atom is -0.495 e. The van der Waals surface area contributed by atoms with Crippen LogP contribution < -0.4 is 10.1 Å². The monoisotopic (exact) mass is 343 g/mol. The summed E-state index contributed by atoms with van der Waals surface area (Å²) < 4.78 is 5.53. The van der Waals surface area contributed by atoms with Gasteiger partial charge in [0, 0.05) is 43.3 Å². The summed E-state index contributed by atoms with van der Waals surface area (Å²) in [7, 11) is 1.69. The summed E-state index contributed by atoms with van der Waals surface area (Å²) in [6, 6.07) is 7.63. The number of rotatable bonds is 5. The molecule has 0 unspecified atom stereocenters. The van der Waals surface area contributed by atoms with E-state index in [0.29, 0.717) is 12.1 Å². The molecule has 25 heavy (non-hydrogen) atoms. The molecule has 5 heteroatoms. The fraction of sp³-hybridized carbons (Fsp3) is 0.650. The number of carbonyl (C=O) groups excluding carboxylic acids is 1. The highest BCUT2D eigenvalue weighted by molar-refractivity contribution is 5.95. The standard InChI is InChI=1S/C20H29N3O2/c1-14-11-16(13-23(14)17-6-7-17)21-18-12-15(5-8-19(18)25-2)20(24)22-9-3-4-10-22/h5,8,12,14,16-17,21H,3-4,6-7,9-11,13H2,1-2H3/t14-,16+/m1/s1. The maximum atomic E-state index is 12.7. The first-order valence-electron chi connectivity index (χ1n) is 9.65. The van der Waals surface area contributed by atoms with Gasteiger partial charge in [-0.2, -0.15) is 0 Å². The summed E-state index contributed by atoms with van der Waals surface area (Å²) in [6.07, 6.45) is 6.07. The van der Waals surface area contributed by atoms with Gasteiger partial charge in [0.15, 0.2) is 0 Å². The van der Waals surface area contributed by atoms with Crippen LogP contribution in [-0.4, -0.2) is 60.6 Å². The van der Waals surface area contributed by atoms with Gasteiger partial charge in [0.25, 0.3) is 5.91 Å². The fourth-order valence-electron chi connectivity index (χ4n) is 4.35. The van der Waals surface area contributed by atoms with Gasteiger partial charge >= 0.3 is 0 Å². The van der Waals surface area contributed by atoms with Crippen LogP contribution in [0, 0.1) is 0 Å². The number of hydrogen-bond donors (Lipinski definition) is 1. The second-order valence-corrected chi connectivity index (χ2v) is 7.77. The van der Waals surface area contributed by atoms with Gasteiger partial charge in [-0.3, -0.25) is 9.69 Å². The molecule has 1 aliphatic carbocycles. The van der Waals surface area contributed by atoms with E-state index >= 15 is 0 Å². The highest BCUT2D eigenvalue weighted by atomic mass is 16.5. The first-order valence-corrected chi connectivity index (χ1v) is 9.65. The van der Waals surface area contributed by atoms with Gasteiger partial charge in [-0.05, 0) is 57.2 Å². The topological polar surface area (TPSA) is 44.8 Å². The lowest BCUT2D eigenvalue weighted by Crippen LogP contribution is -2.31. The van der Waals surface area contributed by atoms with Crippen LogP contribution in [0.15, 0.2) is 18.2 Å². The molecule has 0 radical (unpaired) electrons. The van der Waals surface area contributed by atoms with Crippen molar-refractivity contribution in [1.82, 2.24) is 9.80 Å². The molecule has 3 aliphatic rings. The summed E-state index contributed by atoms with van der Waals surface area (Å²) in [4.78, 5) is 17.3. The number of amides is 1. The van der Waals surface area contributed by atoms with E-state index in [0.717, 1.165) is 61.9 Å². The number of likely N-dealkylation sites (tertiary alicyclic amines) is 2. The molecule has 0 spiro atoms. The van der Waals surface area contributed by atoms with Crippen LogP contribution in [0.4, 0.5) is 5.69 Å². The Morgan fingerprint density at radius 1 is 1.24 bits per heavy atom. The van der Waals surface area contributed by atoms with Crippen LogP contribution in [0.25, 0.3) is 0 Å². The largest absolute Gasteiger partial charge is 0.495 e. The van der Waals surface area contributed by atoms with Crippen LogP contribution in [-0.2, 0) is 0 Å². The zero-order valence-electron chi connectivity index (χ0n) is 15.3. The SMILES string of the molecule is COc1ccc(C(=O)N2CCCC2)cc1N[C@H]1C[C@@H](C)N(C2CC2)C1. The molecule has 1 N–H and O–H groups in total. The first-order chi connectivity index (χ1) is 12.2. The van der Waals surface area contributed by atoms with E-state index < -0.39 is 0 Å². The van der Waals surface area contributed by atoms with Crippen molar-refractivity contribution in [2.24, 2.45) is 0 Å². The maximum absolute atomic E-state index is 12.7. The molecule has 2 saturated heterocycles. The summed E-state index contributed by atoms with van der Waals surface area (Å²) in [5, 5.41) is 3.65. The van der Waals surface area contributed by atoms with Gasteiger partial charge in [-0.1, -0.05) is 0 Å². The van der Waals surface area contributed by atoms with Crippen LogP contribution in [0.1, 0.15) is 49.4 Å². The van der Waals surface area contributed by atoms with Crippen molar-refractivity contribution >= 4 is 11.6 Å². The van der Waals surface area contributed by atoms with Gasteiger partial charge in [0.1, 0.15) is 5.75 Å². The Balaban J connectivity index is 1.49. The van der Waals surface area contributed by atoms with Crippen molar-refractivity contribution in [3.05, 3.63) is 23.8 Å². The molecule has 2 aliphatic heterocycles. The lowest BCUT2D eigenvalue weighted by Gasteiger charge is -2.21. The average Bonchev–Trinajstić information content (AvgIpc) is 3.17. The highest BCUT2D eigenvalue weighted by Gasteiger charge is 2.38. The minimum absolute atomic E-state index is 0.141. The van der Waals surface area contributed by atoms with E-state index in [2.05, 4.69) is 17.1 Å². The normalized spacial score (nSPS) is 26.9. The number of benzene rings is 1. The molecule has 1 aromatic carbocycles. The van der Waals surface area contributed by atoms with Gasteiger partial charge in [-0.25, -0.2) is 0 Å². The predicted molar refractivity (Wildman–Crippen MR) is 99.3 cm³/mol. The van der Waals surface area contributed by atoms with E-state index in [4.69, 9.17) is 4.74 Å². The Hall–Kier alpha value is -1.75. The van der Waals surface area contributed by atoms with Gasteiger partial charge in [0.2, 0.25) is 0 Å². The van der Waals surface area contributed by atoms with Crippen LogP contribution in [0.5, 0.6) is 5.75 Å². The lowest BCUT2D eigenvalue weighted by atomic mass is 10.1. The Kier molecular flexibility index (Phi) is 4.59. The molecule has 2 atom stereocenters. The molecule has 1 aromatic rings. The fourth-order valence-corrected chi connectivity index (χ4v) is 4.35. The number of ether oxygens (including phenoxy) is 1. The highest BCUT2D eigenvalue weighted by Crippen LogP contribution is 2.35. The Morgan fingerprint density at radius 3 is 2.68 bits per heavy atom. The average molecular weight is 343 g/mol. The number of hydrogen-bond acceptors (Lipinski definition) is 4. The van der Waals surface area contributed by atoms with Crippen molar-refractivity contribution in [1.29, 1.82) is 0 Å². The Bertz CT molecular complexity index is 638. The third-order valence-electron chi connectivity index (χ3n) is 5.84. The molecule has 1 saturated carbocycles. The Morgan fingerprint density at radius 2 is 2.00 bits per heavy atom. The van der Waals surface area contributed by atoms with Crippen molar-refractivity contribution in [2.75, 3.05) is 32.1 Å². The van der Waals surface area contributed by atoms with Crippen LogP contribution >= 0.6 is 0 Å².